The van der Waals surface area contributed by atoms with E-state index in [0.29, 0.717) is 17.1 Å². The van der Waals surface area contributed by atoms with Crippen molar-refractivity contribution >= 4 is 15.9 Å². The van der Waals surface area contributed by atoms with Crippen molar-refractivity contribution in [3.05, 3.63) is 48.0 Å². The second kappa shape index (κ2) is 8.88. The third kappa shape index (κ3) is 5.34. The monoisotopic (exact) mass is 391 g/mol. The van der Waals surface area contributed by atoms with Crippen LogP contribution in [-0.2, 0) is 14.8 Å². The first kappa shape index (κ1) is 20.0. The molecule has 1 amide bonds. The molecular weight excluding hydrogens is 374 g/mol. The lowest BCUT2D eigenvalue weighted by atomic mass is 10.2. The minimum Gasteiger partial charge on any atom is -0.493 e. The normalized spacial score (nSPS) is 10.6. The molecule has 0 spiro atoms. The number of hydrazine groups is 1. The van der Waals surface area contributed by atoms with Gasteiger partial charge in [0.1, 0.15) is 5.75 Å². The largest absolute Gasteiger partial charge is 0.493 e. The smallest absolute Gasteiger partial charge is 0.272 e. The van der Waals surface area contributed by atoms with Gasteiger partial charge >= 0.3 is 0 Å². The molecule has 0 unspecified atom stereocenters. The maximum atomic E-state index is 12.3. The van der Waals surface area contributed by atoms with Gasteiger partial charge in [-0.2, -0.15) is 5.26 Å². The Labute approximate surface area is 156 Å². The Kier molecular flexibility index (Phi) is 6.59. The number of benzene rings is 2. The van der Waals surface area contributed by atoms with Gasteiger partial charge in [-0.15, -0.1) is 4.83 Å². The average Bonchev–Trinajstić information content (AvgIpc) is 2.70. The summed E-state index contributed by atoms with van der Waals surface area (Å²) >= 11 is 0. The number of hydrogen-bond donors (Lipinski definition) is 2. The second-order valence-electron chi connectivity index (χ2n) is 5.10. The number of nitrogens with zero attached hydrogens (tertiary/aromatic N) is 1. The summed E-state index contributed by atoms with van der Waals surface area (Å²) < 4.78 is 39.8. The van der Waals surface area contributed by atoms with Crippen LogP contribution in [0, 0.1) is 11.3 Å². The minimum absolute atomic E-state index is 0.117. The van der Waals surface area contributed by atoms with E-state index in [1.54, 1.807) is 0 Å². The topological polar surface area (TPSA) is 127 Å². The fourth-order valence-corrected chi connectivity index (χ4v) is 2.85. The zero-order valence-corrected chi connectivity index (χ0v) is 15.4. The third-order valence-electron chi connectivity index (χ3n) is 3.34. The first-order chi connectivity index (χ1) is 12.9. The summed E-state index contributed by atoms with van der Waals surface area (Å²) in [5, 5.41) is 8.71. The summed E-state index contributed by atoms with van der Waals surface area (Å²) in [6.45, 7) is -0.416. The Bertz CT molecular complexity index is 952. The average molecular weight is 391 g/mol. The van der Waals surface area contributed by atoms with Gasteiger partial charge < -0.3 is 14.2 Å². The lowest BCUT2D eigenvalue weighted by molar-refractivity contribution is -0.123. The number of carbonyl (C=O) groups excluding carboxylic acids is 1. The van der Waals surface area contributed by atoms with Crippen molar-refractivity contribution in [1.82, 2.24) is 10.3 Å². The molecule has 0 fully saturated rings. The number of nitriles is 1. The van der Waals surface area contributed by atoms with E-state index in [2.05, 4.69) is 5.43 Å². The summed E-state index contributed by atoms with van der Waals surface area (Å²) in [7, 11) is -1.21. The van der Waals surface area contributed by atoms with E-state index in [0.717, 1.165) is 0 Å². The molecule has 10 heteroatoms. The van der Waals surface area contributed by atoms with Gasteiger partial charge in [0.2, 0.25) is 0 Å². The fraction of sp³-hybridized carbons (Fsp3) is 0.176. The van der Waals surface area contributed by atoms with Crippen molar-refractivity contribution in [2.75, 3.05) is 20.8 Å². The van der Waals surface area contributed by atoms with Gasteiger partial charge in [0.25, 0.3) is 15.9 Å². The number of nitrogens with one attached hydrogen (secondary N) is 2. The molecule has 0 radical (unpaired) electrons. The van der Waals surface area contributed by atoms with Crippen LogP contribution in [0.1, 0.15) is 5.56 Å². The molecule has 2 N–H and O–H groups in total. The molecule has 142 valence electrons. The quantitative estimate of drug-likeness (QED) is 0.642. The number of amides is 1. The Hall–Kier alpha value is -3.29. The molecule has 27 heavy (non-hydrogen) atoms. The molecular formula is C17H17N3O6S. The molecule has 2 aromatic rings. The SMILES string of the molecule is COc1ccc(S(=O)(=O)NNC(=O)COc2ccc(C#N)cc2)cc1OC. The van der Waals surface area contributed by atoms with Crippen LogP contribution in [0.15, 0.2) is 47.4 Å². The third-order valence-corrected chi connectivity index (χ3v) is 4.59. The molecule has 9 nitrogen and oxygen atoms in total. The Morgan fingerprint density at radius 3 is 2.33 bits per heavy atom. The highest BCUT2D eigenvalue weighted by Gasteiger charge is 2.18. The van der Waals surface area contributed by atoms with Gasteiger partial charge in [-0.05, 0) is 36.4 Å². The number of methoxy groups -OCH3 is 2. The van der Waals surface area contributed by atoms with Crippen LogP contribution in [0.2, 0.25) is 0 Å². The van der Waals surface area contributed by atoms with Crippen LogP contribution >= 0.6 is 0 Å². The maximum Gasteiger partial charge on any atom is 0.272 e. The molecule has 0 bridgehead atoms. The van der Waals surface area contributed by atoms with Gasteiger partial charge in [0.15, 0.2) is 18.1 Å². The standard InChI is InChI=1S/C17H17N3O6S/c1-24-15-8-7-14(9-16(15)25-2)27(22,23)20-19-17(21)11-26-13-5-3-12(10-18)4-6-13/h3-9,20H,11H2,1-2H3,(H,19,21). The molecule has 0 heterocycles. The van der Waals surface area contributed by atoms with Crippen molar-refractivity contribution < 1.29 is 27.4 Å². The zero-order valence-electron chi connectivity index (χ0n) is 14.6. The predicted molar refractivity (Wildman–Crippen MR) is 94.7 cm³/mol. The Morgan fingerprint density at radius 1 is 1.07 bits per heavy atom. The first-order valence-corrected chi connectivity index (χ1v) is 9.03. The van der Waals surface area contributed by atoms with Gasteiger partial charge in [-0.3, -0.25) is 10.2 Å². The zero-order chi connectivity index (χ0) is 19.9. The molecule has 0 aliphatic carbocycles. The predicted octanol–water partition coefficient (Wildman–Crippen LogP) is 0.964. The molecule has 2 aromatic carbocycles. The molecule has 0 aromatic heterocycles. The van der Waals surface area contributed by atoms with E-state index < -0.39 is 22.5 Å². The van der Waals surface area contributed by atoms with Crippen molar-refractivity contribution in [3.63, 3.8) is 0 Å². The number of hydrogen-bond acceptors (Lipinski definition) is 7. The van der Waals surface area contributed by atoms with E-state index >= 15 is 0 Å². The Balaban J connectivity index is 1.94. The molecule has 0 aliphatic rings. The van der Waals surface area contributed by atoms with Crippen LogP contribution in [0.3, 0.4) is 0 Å². The van der Waals surface area contributed by atoms with Crippen molar-refractivity contribution in [1.29, 1.82) is 5.26 Å². The fourth-order valence-electron chi connectivity index (χ4n) is 1.98. The van der Waals surface area contributed by atoms with Crippen LogP contribution in [0.25, 0.3) is 0 Å². The number of ether oxygens (including phenoxy) is 3. The highest BCUT2D eigenvalue weighted by molar-refractivity contribution is 7.89. The molecule has 0 saturated heterocycles. The summed E-state index contributed by atoms with van der Waals surface area (Å²) in [4.78, 5) is 13.6. The summed E-state index contributed by atoms with van der Waals surface area (Å²) in [6, 6.07) is 12.1. The van der Waals surface area contributed by atoms with E-state index in [1.165, 1.54) is 56.7 Å². The van der Waals surface area contributed by atoms with Gasteiger partial charge in [-0.25, -0.2) is 8.42 Å². The lowest BCUT2D eigenvalue weighted by Crippen LogP contribution is -2.43. The molecule has 0 saturated carbocycles. The highest BCUT2D eigenvalue weighted by Crippen LogP contribution is 2.29. The van der Waals surface area contributed by atoms with E-state index in [1.807, 2.05) is 10.9 Å². The molecule has 2 rings (SSSR count). The number of carbonyl (C=O) groups is 1. The van der Waals surface area contributed by atoms with Crippen molar-refractivity contribution in [2.45, 2.75) is 4.90 Å². The highest BCUT2D eigenvalue weighted by atomic mass is 32.2. The minimum atomic E-state index is -4.01. The number of rotatable bonds is 8. The van der Waals surface area contributed by atoms with Crippen LogP contribution < -0.4 is 24.5 Å². The van der Waals surface area contributed by atoms with E-state index in [4.69, 9.17) is 19.5 Å². The van der Waals surface area contributed by atoms with Crippen LogP contribution in [-0.4, -0.2) is 35.2 Å². The van der Waals surface area contributed by atoms with Crippen LogP contribution in [0.4, 0.5) is 0 Å². The van der Waals surface area contributed by atoms with Gasteiger partial charge in [0.05, 0.1) is 30.7 Å². The van der Waals surface area contributed by atoms with Gasteiger partial charge in [-0.1, -0.05) is 0 Å². The van der Waals surface area contributed by atoms with E-state index in [-0.39, 0.29) is 10.6 Å². The first-order valence-electron chi connectivity index (χ1n) is 7.55. The summed E-state index contributed by atoms with van der Waals surface area (Å²) in [5.41, 5.74) is 2.51. The van der Waals surface area contributed by atoms with Crippen LogP contribution in [0.5, 0.6) is 17.2 Å². The lowest BCUT2D eigenvalue weighted by Gasteiger charge is -2.12. The molecule has 0 atom stereocenters. The van der Waals surface area contributed by atoms with E-state index in [9.17, 15) is 13.2 Å². The van der Waals surface area contributed by atoms with Gasteiger partial charge in [0, 0.05) is 6.07 Å². The molecule has 0 aliphatic heterocycles. The number of sulfonamides is 1. The summed E-state index contributed by atoms with van der Waals surface area (Å²) in [5.74, 6) is 0.266. The maximum absolute atomic E-state index is 12.3. The second-order valence-corrected chi connectivity index (χ2v) is 6.78. The van der Waals surface area contributed by atoms with Crippen molar-refractivity contribution in [3.8, 4) is 23.3 Å². The van der Waals surface area contributed by atoms with Crippen molar-refractivity contribution in [2.24, 2.45) is 0 Å². The summed E-state index contributed by atoms with van der Waals surface area (Å²) in [6.07, 6.45) is 0. The Morgan fingerprint density at radius 2 is 1.74 bits per heavy atom.